The van der Waals surface area contributed by atoms with Gasteiger partial charge in [0, 0.05) is 10.9 Å². The van der Waals surface area contributed by atoms with Gasteiger partial charge in [0.2, 0.25) is 0 Å². The summed E-state index contributed by atoms with van der Waals surface area (Å²) < 4.78 is 0. The summed E-state index contributed by atoms with van der Waals surface area (Å²) in [5.41, 5.74) is 5.70. The van der Waals surface area contributed by atoms with E-state index >= 15 is 0 Å². The van der Waals surface area contributed by atoms with Crippen molar-refractivity contribution in [2.45, 2.75) is 18.8 Å². The molecule has 2 aromatic rings. The van der Waals surface area contributed by atoms with Crippen LogP contribution in [0.3, 0.4) is 0 Å². The van der Waals surface area contributed by atoms with Crippen LogP contribution in [0.25, 0.3) is 11.3 Å². The molecular formula is C12H11NS. The number of nitrogens with zero attached hydrogens (tertiary/aromatic N) is 1. The van der Waals surface area contributed by atoms with E-state index in [9.17, 15) is 0 Å². The van der Waals surface area contributed by atoms with Crippen molar-refractivity contribution in [1.82, 2.24) is 4.98 Å². The van der Waals surface area contributed by atoms with E-state index in [2.05, 4.69) is 34.6 Å². The van der Waals surface area contributed by atoms with Gasteiger partial charge in [-0.05, 0) is 24.3 Å². The predicted octanol–water partition coefficient (Wildman–Crippen LogP) is 3.69. The topological polar surface area (TPSA) is 12.9 Å². The van der Waals surface area contributed by atoms with Crippen molar-refractivity contribution in [2.75, 3.05) is 0 Å². The predicted molar refractivity (Wildman–Crippen MR) is 59.5 cm³/mol. The molecule has 1 aliphatic rings. The van der Waals surface area contributed by atoms with Crippen LogP contribution in [0.5, 0.6) is 0 Å². The van der Waals surface area contributed by atoms with Gasteiger partial charge >= 0.3 is 0 Å². The lowest BCUT2D eigenvalue weighted by Gasteiger charge is -1.99. The summed E-state index contributed by atoms with van der Waals surface area (Å²) >= 11 is 1.65. The molecule has 0 N–H and O–H groups in total. The molecule has 1 saturated carbocycles. The van der Waals surface area contributed by atoms with Gasteiger partial charge in [0.1, 0.15) is 0 Å². The third-order valence-electron chi connectivity index (χ3n) is 2.69. The molecule has 1 aliphatic carbocycles. The molecule has 0 bridgehead atoms. The Bertz CT molecular complexity index is 412. The van der Waals surface area contributed by atoms with E-state index in [1.54, 1.807) is 11.3 Å². The third kappa shape index (κ3) is 1.46. The van der Waals surface area contributed by atoms with Crippen LogP contribution in [0.2, 0.25) is 0 Å². The molecule has 1 nitrogen and oxygen atoms in total. The maximum Gasteiger partial charge on any atom is 0.0811 e. The van der Waals surface area contributed by atoms with Gasteiger partial charge in [-0.1, -0.05) is 24.3 Å². The van der Waals surface area contributed by atoms with Gasteiger partial charge in [0.25, 0.3) is 0 Å². The molecule has 0 spiro atoms. The van der Waals surface area contributed by atoms with Crippen LogP contribution in [0, 0.1) is 0 Å². The fraction of sp³-hybridized carbons (Fsp3) is 0.250. The Morgan fingerprint density at radius 2 is 1.93 bits per heavy atom. The van der Waals surface area contributed by atoms with Crippen molar-refractivity contribution in [3.05, 3.63) is 40.7 Å². The zero-order valence-corrected chi connectivity index (χ0v) is 8.63. The van der Waals surface area contributed by atoms with Crippen molar-refractivity contribution in [1.29, 1.82) is 0 Å². The van der Waals surface area contributed by atoms with Gasteiger partial charge in [-0.2, -0.15) is 0 Å². The van der Waals surface area contributed by atoms with Crippen molar-refractivity contribution in [2.24, 2.45) is 0 Å². The summed E-state index contributed by atoms with van der Waals surface area (Å²) in [5, 5.41) is 2.09. The quantitative estimate of drug-likeness (QED) is 0.722. The first-order valence-corrected chi connectivity index (χ1v) is 5.86. The zero-order valence-electron chi connectivity index (χ0n) is 7.81. The fourth-order valence-electron chi connectivity index (χ4n) is 1.70. The fourth-order valence-corrected chi connectivity index (χ4v) is 2.26. The van der Waals surface area contributed by atoms with Crippen LogP contribution in [0.4, 0.5) is 0 Å². The van der Waals surface area contributed by atoms with Crippen molar-refractivity contribution < 1.29 is 0 Å². The Labute approximate surface area is 87.4 Å². The number of hydrogen-bond donors (Lipinski definition) is 0. The van der Waals surface area contributed by atoms with Crippen LogP contribution in [-0.4, -0.2) is 4.98 Å². The molecule has 0 radical (unpaired) electrons. The standard InChI is InChI=1S/C12H11NS/c1-2-9(1)10-3-5-11(6-4-10)12-7-14-8-13-12/h3-9H,1-2H2. The van der Waals surface area contributed by atoms with Gasteiger partial charge in [0.15, 0.2) is 0 Å². The van der Waals surface area contributed by atoms with Gasteiger partial charge in [-0.15, -0.1) is 11.3 Å². The second-order valence-corrected chi connectivity index (χ2v) is 4.49. The summed E-state index contributed by atoms with van der Waals surface area (Å²) in [6.45, 7) is 0. The van der Waals surface area contributed by atoms with Crippen LogP contribution in [0.1, 0.15) is 24.3 Å². The highest BCUT2D eigenvalue weighted by Crippen LogP contribution is 2.40. The van der Waals surface area contributed by atoms with E-state index in [0.29, 0.717) is 0 Å². The minimum absolute atomic E-state index is 0.847. The van der Waals surface area contributed by atoms with Gasteiger partial charge < -0.3 is 0 Å². The van der Waals surface area contributed by atoms with Gasteiger partial charge in [-0.25, -0.2) is 4.98 Å². The van der Waals surface area contributed by atoms with Gasteiger partial charge in [-0.3, -0.25) is 0 Å². The Hall–Kier alpha value is -1.15. The molecule has 14 heavy (non-hydrogen) atoms. The Morgan fingerprint density at radius 3 is 2.50 bits per heavy atom. The molecule has 1 fully saturated rings. The van der Waals surface area contributed by atoms with E-state index in [1.165, 1.54) is 24.0 Å². The maximum absolute atomic E-state index is 4.30. The lowest BCUT2D eigenvalue weighted by Crippen LogP contribution is -1.80. The normalized spacial score (nSPS) is 15.7. The molecule has 3 rings (SSSR count). The first kappa shape index (κ1) is 8.18. The highest BCUT2D eigenvalue weighted by atomic mass is 32.1. The largest absolute Gasteiger partial charge is 0.245 e. The minimum Gasteiger partial charge on any atom is -0.245 e. The van der Waals surface area contributed by atoms with Crippen LogP contribution < -0.4 is 0 Å². The lowest BCUT2D eigenvalue weighted by atomic mass is 10.1. The molecule has 2 heteroatoms. The maximum atomic E-state index is 4.30. The molecule has 1 aromatic carbocycles. The smallest absolute Gasteiger partial charge is 0.0811 e. The Kier molecular flexibility index (Phi) is 1.88. The molecule has 0 unspecified atom stereocenters. The van der Waals surface area contributed by atoms with Gasteiger partial charge in [0.05, 0.1) is 11.2 Å². The molecule has 70 valence electrons. The number of rotatable bonds is 2. The number of aromatic nitrogens is 1. The molecule has 0 atom stereocenters. The Balaban J connectivity index is 1.93. The lowest BCUT2D eigenvalue weighted by molar-refractivity contribution is 1.13. The molecule has 1 aromatic heterocycles. The SMILES string of the molecule is c1nc(-c2ccc(C3CC3)cc2)cs1. The average molecular weight is 201 g/mol. The van der Waals surface area contributed by atoms with E-state index in [-0.39, 0.29) is 0 Å². The molecule has 1 heterocycles. The summed E-state index contributed by atoms with van der Waals surface area (Å²) in [6, 6.07) is 8.85. The van der Waals surface area contributed by atoms with Crippen molar-refractivity contribution in [3.63, 3.8) is 0 Å². The van der Waals surface area contributed by atoms with Crippen LogP contribution in [0.15, 0.2) is 35.2 Å². The number of hydrogen-bond acceptors (Lipinski definition) is 2. The third-order valence-corrected chi connectivity index (χ3v) is 3.27. The molecule has 0 saturated heterocycles. The summed E-state index contributed by atoms with van der Waals surface area (Å²) in [6.07, 6.45) is 2.74. The Morgan fingerprint density at radius 1 is 1.14 bits per heavy atom. The van der Waals surface area contributed by atoms with E-state index in [1.807, 2.05) is 5.51 Å². The number of benzene rings is 1. The van der Waals surface area contributed by atoms with Crippen molar-refractivity contribution in [3.8, 4) is 11.3 Å². The highest BCUT2D eigenvalue weighted by molar-refractivity contribution is 7.07. The first-order valence-electron chi connectivity index (χ1n) is 4.92. The van der Waals surface area contributed by atoms with E-state index in [0.717, 1.165) is 11.6 Å². The van der Waals surface area contributed by atoms with Crippen molar-refractivity contribution >= 4 is 11.3 Å². The first-order chi connectivity index (χ1) is 6.93. The average Bonchev–Trinajstić information content (AvgIpc) is 2.94. The zero-order chi connectivity index (χ0) is 9.38. The summed E-state index contributed by atoms with van der Waals surface area (Å²) in [7, 11) is 0. The molecule has 0 aliphatic heterocycles. The molecule has 0 amide bonds. The highest BCUT2D eigenvalue weighted by Gasteiger charge is 2.22. The van der Waals surface area contributed by atoms with E-state index < -0.39 is 0 Å². The molecular weight excluding hydrogens is 190 g/mol. The second kappa shape index (κ2) is 3.21. The minimum atomic E-state index is 0.847. The van der Waals surface area contributed by atoms with E-state index in [4.69, 9.17) is 0 Å². The number of thiazole rings is 1. The van der Waals surface area contributed by atoms with Crippen LogP contribution >= 0.6 is 11.3 Å². The van der Waals surface area contributed by atoms with Crippen LogP contribution in [-0.2, 0) is 0 Å². The summed E-state index contributed by atoms with van der Waals surface area (Å²) in [4.78, 5) is 4.30. The summed E-state index contributed by atoms with van der Waals surface area (Å²) in [5.74, 6) is 0.847. The second-order valence-electron chi connectivity index (χ2n) is 3.77. The monoisotopic (exact) mass is 201 g/mol.